The molecule has 5 rings (SSSR count). The molecule has 2 amide bonds. The number of aromatic nitrogens is 1. The van der Waals surface area contributed by atoms with E-state index in [9.17, 15) is 14.4 Å². The minimum Gasteiger partial charge on any atom is -0.493 e. The first-order chi connectivity index (χ1) is 18.4. The molecule has 6 nitrogen and oxygen atoms in total. The molecular formula is C30H25ClN2O4S. The molecule has 0 bridgehead atoms. The van der Waals surface area contributed by atoms with Crippen molar-refractivity contribution in [2.75, 3.05) is 13.2 Å². The molecule has 8 heteroatoms. The van der Waals surface area contributed by atoms with Crippen molar-refractivity contribution in [3.05, 3.63) is 106 Å². The lowest BCUT2D eigenvalue weighted by atomic mass is 10.1. The fourth-order valence-electron chi connectivity index (χ4n) is 4.36. The van der Waals surface area contributed by atoms with Crippen molar-refractivity contribution in [1.82, 2.24) is 9.47 Å². The fraction of sp³-hybridized carbons (Fsp3) is 0.167. The Labute approximate surface area is 229 Å². The highest BCUT2D eigenvalue weighted by Crippen LogP contribution is 2.34. The van der Waals surface area contributed by atoms with Gasteiger partial charge < -0.3 is 9.30 Å². The molecule has 1 fully saturated rings. The van der Waals surface area contributed by atoms with Crippen LogP contribution in [0.3, 0.4) is 0 Å². The zero-order valence-corrected chi connectivity index (χ0v) is 22.3. The van der Waals surface area contributed by atoms with Gasteiger partial charge >= 0.3 is 0 Å². The second-order valence-electron chi connectivity index (χ2n) is 8.96. The predicted octanol–water partition coefficient (Wildman–Crippen LogP) is 6.99. The average molecular weight is 545 g/mol. The summed E-state index contributed by atoms with van der Waals surface area (Å²) in [5, 5.41) is 1.03. The number of nitrogens with zero attached hydrogens (tertiary/aromatic N) is 2. The van der Waals surface area contributed by atoms with E-state index >= 15 is 0 Å². The zero-order chi connectivity index (χ0) is 26.6. The molecular weight excluding hydrogens is 520 g/mol. The van der Waals surface area contributed by atoms with Crippen LogP contribution < -0.4 is 4.74 Å². The molecule has 0 unspecified atom stereocenters. The van der Waals surface area contributed by atoms with Crippen LogP contribution in [0.2, 0.25) is 5.02 Å². The number of ketones is 1. The summed E-state index contributed by atoms with van der Waals surface area (Å²) in [7, 11) is 0. The number of hydrogen-bond acceptors (Lipinski definition) is 5. The standard InChI is InChI=1S/C30H25ClN2O4S/c1-20-7-2-5-10-27(20)37-16-6-15-32-18-22(24-8-3-4-9-25(24)32)17-28-29(35)33(30(36)38-28)19-26(34)21-11-13-23(31)14-12-21/h2-5,7-14,17-18H,6,15-16,19H2,1H3/b28-17-. The number of hydrogen-bond donors (Lipinski definition) is 0. The first kappa shape index (κ1) is 25.8. The van der Waals surface area contributed by atoms with Crippen LogP contribution >= 0.6 is 23.4 Å². The summed E-state index contributed by atoms with van der Waals surface area (Å²) in [5.41, 5.74) is 3.37. The quantitative estimate of drug-likeness (QED) is 0.129. The molecule has 0 N–H and O–H groups in total. The summed E-state index contributed by atoms with van der Waals surface area (Å²) in [4.78, 5) is 39.6. The minimum absolute atomic E-state index is 0.296. The number of thioether (sulfide) groups is 1. The van der Waals surface area contributed by atoms with E-state index in [4.69, 9.17) is 16.3 Å². The number of benzene rings is 3. The van der Waals surface area contributed by atoms with Crippen molar-refractivity contribution in [2.24, 2.45) is 0 Å². The van der Waals surface area contributed by atoms with Gasteiger partial charge in [-0.3, -0.25) is 19.3 Å². The van der Waals surface area contributed by atoms with E-state index < -0.39 is 11.1 Å². The van der Waals surface area contributed by atoms with Crippen molar-refractivity contribution in [3.8, 4) is 5.75 Å². The number of ether oxygens (including phenoxy) is 1. The molecule has 0 radical (unpaired) electrons. The van der Waals surface area contributed by atoms with Crippen molar-refractivity contribution >= 4 is 57.3 Å². The lowest BCUT2D eigenvalue weighted by Gasteiger charge is -2.11. The molecule has 0 aliphatic carbocycles. The molecule has 1 aliphatic rings. The number of Topliss-reactive ketones (excluding diaryl/α,β-unsaturated/α-hetero) is 1. The Morgan fingerprint density at radius 3 is 2.53 bits per heavy atom. The largest absolute Gasteiger partial charge is 0.493 e. The number of halogens is 1. The second kappa shape index (κ2) is 11.3. The monoisotopic (exact) mass is 544 g/mol. The van der Waals surface area contributed by atoms with Crippen LogP contribution in [0.15, 0.2) is 83.9 Å². The van der Waals surface area contributed by atoms with E-state index in [1.165, 1.54) is 0 Å². The molecule has 38 heavy (non-hydrogen) atoms. The first-order valence-electron chi connectivity index (χ1n) is 12.2. The Morgan fingerprint density at radius 1 is 1.00 bits per heavy atom. The van der Waals surface area contributed by atoms with Gasteiger partial charge in [0.1, 0.15) is 5.75 Å². The van der Waals surface area contributed by atoms with Gasteiger partial charge in [0.25, 0.3) is 11.1 Å². The first-order valence-corrected chi connectivity index (χ1v) is 13.4. The van der Waals surface area contributed by atoms with Crippen LogP contribution in [0.1, 0.15) is 27.9 Å². The summed E-state index contributed by atoms with van der Waals surface area (Å²) in [6.45, 7) is 3.02. The van der Waals surface area contributed by atoms with Gasteiger partial charge in [-0.1, -0.05) is 48.0 Å². The van der Waals surface area contributed by atoms with Crippen molar-refractivity contribution in [1.29, 1.82) is 0 Å². The van der Waals surface area contributed by atoms with Gasteiger partial charge in [0.15, 0.2) is 5.78 Å². The van der Waals surface area contributed by atoms with Crippen LogP contribution in [0, 0.1) is 6.92 Å². The van der Waals surface area contributed by atoms with Gasteiger partial charge in [-0.2, -0.15) is 0 Å². The highest BCUT2D eigenvalue weighted by atomic mass is 35.5. The maximum absolute atomic E-state index is 13.1. The Balaban J connectivity index is 1.30. The number of fused-ring (bicyclic) bond motifs is 1. The van der Waals surface area contributed by atoms with Gasteiger partial charge in [0.2, 0.25) is 0 Å². The van der Waals surface area contributed by atoms with Gasteiger partial charge in [-0.05, 0) is 73.1 Å². The minimum atomic E-state index is -0.467. The van der Waals surface area contributed by atoms with Crippen LogP contribution in [-0.4, -0.2) is 39.5 Å². The van der Waals surface area contributed by atoms with Gasteiger partial charge in [0, 0.05) is 39.8 Å². The molecule has 1 aromatic heterocycles. The molecule has 0 atom stereocenters. The van der Waals surface area contributed by atoms with E-state index in [0.29, 0.717) is 22.1 Å². The molecule has 0 saturated carbocycles. The smallest absolute Gasteiger partial charge is 0.293 e. The molecule has 4 aromatic rings. The highest BCUT2D eigenvalue weighted by Gasteiger charge is 2.36. The predicted molar refractivity (Wildman–Crippen MR) is 152 cm³/mol. The summed E-state index contributed by atoms with van der Waals surface area (Å²) in [5.74, 6) is 0.0938. The summed E-state index contributed by atoms with van der Waals surface area (Å²) in [6.07, 6.45) is 4.53. The van der Waals surface area contributed by atoms with Crippen LogP contribution in [0.5, 0.6) is 5.75 Å². The lowest BCUT2D eigenvalue weighted by molar-refractivity contribution is -0.122. The van der Waals surface area contributed by atoms with Crippen molar-refractivity contribution in [3.63, 3.8) is 0 Å². The van der Waals surface area contributed by atoms with E-state index in [2.05, 4.69) is 4.57 Å². The topological polar surface area (TPSA) is 68.6 Å². The Kier molecular flexibility index (Phi) is 7.67. The normalized spacial score (nSPS) is 14.6. The van der Waals surface area contributed by atoms with Crippen LogP contribution in [-0.2, 0) is 11.3 Å². The number of imide groups is 1. The number of amides is 2. The SMILES string of the molecule is Cc1ccccc1OCCCn1cc(/C=C2\SC(=O)N(CC(=O)c3ccc(Cl)cc3)C2=O)c2ccccc21. The average Bonchev–Trinajstić information content (AvgIpc) is 3.39. The summed E-state index contributed by atoms with van der Waals surface area (Å²) < 4.78 is 8.08. The number of carbonyl (C=O) groups is 3. The molecule has 1 saturated heterocycles. The van der Waals surface area contributed by atoms with Gasteiger partial charge in [-0.25, -0.2) is 0 Å². The highest BCUT2D eigenvalue weighted by molar-refractivity contribution is 8.18. The maximum Gasteiger partial charge on any atom is 0.293 e. The van der Waals surface area contributed by atoms with E-state index in [1.54, 1.807) is 30.3 Å². The zero-order valence-electron chi connectivity index (χ0n) is 20.7. The number of carbonyl (C=O) groups excluding carboxylic acids is 3. The van der Waals surface area contributed by atoms with Crippen LogP contribution in [0.4, 0.5) is 4.79 Å². The second-order valence-corrected chi connectivity index (χ2v) is 10.4. The lowest BCUT2D eigenvalue weighted by Crippen LogP contribution is -2.33. The third kappa shape index (κ3) is 5.54. The Bertz CT molecular complexity index is 1560. The molecule has 192 valence electrons. The third-order valence-corrected chi connectivity index (χ3v) is 7.50. The Morgan fingerprint density at radius 2 is 1.74 bits per heavy atom. The van der Waals surface area contributed by atoms with Gasteiger partial charge in [-0.15, -0.1) is 0 Å². The van der Waals surface area contributed by atoms with E-state index in [1.807, 2.05) is 61.7 Å². The number of rotatable bonds is 9. The number of aryl methyl sites for hydroxylation is 2. The van der Waals surface area contributed by atoms with E-state index in [0.717, 1.165) is 57.4 Å². The molecule has 3 aromatic carbocycles. The van der Waals surface area contributed by atoms with Crippen molar-refractivity contribution in [2.45, 2.75) is 19.9 Å². The van der Waals surface area contributed by atoms with E-state index in [-0.39, 0.29) is 12.3 Å². The van der Waals surface area contributed by atoms with Gasteiger partial charge in [0.05, 0.1) is 18.1 Å². The maximum atomic E-state index is 13.1. The molecule has 1 aliphatic heterocycles. The molecule has 2 heterocycles. The third-order valence-electron chi connectivity index (χ3n) is 6.34. The summed E-state index contributed by atoms with van der Waals surface area (Å²) in [6, 6.07) is 22.3. The van der Waals surface area contributed by atoms with Crippen LogP contribution in [0.25, 0.3) is 17.0 Å². The molecule has 0 spiro atoms. The van der Waals surface area contributed by atoms with Crippen molar-refractivity contribution < 1.29 is 19.1 Å². The fourth-order valence-corrected chi connectivity index (χ4v) is 5.31. The Hall–Kier alpha value is -3.81. The number of para-hydroxylation sites is 2. The summed E-state index contributed by atoms with van der Waals surface area (Å²) >= 11 is 6.74.